The molecule has 16 heavy (non-hydrogen) atoms. The largest absolute Gasteiger partial charge is 0.504 e. The fraction of sp³-hybridized carbons (Fsp3) is 0.333. The lowest BCUT2D eigenvalue weighted by molar-refractivity contribution is 0.245. The van der Waals surface area contributed by atoms with Gasteiger partial charge in [-0.1, -0.05) is 0 Å². The molecule has 0 amide bonds. The summed E-state index contributed by atoms with van der Waals surface area (Å²) < 4.78 is 5.58. The van der Waals surface area contributed by atoms with Gasteiger partial charge in [0.2, 0.25) is 0 Å². The highest BCUT2D eigenvalue weighted by molar-refractivity contribution is 5.86. The van der Waals surface area contributed by atoms with Crippen molar-refractivity contribution in [1.82, 2.24) is 9.97 Å². The summed E-state index contributed by atoms with van der Waals surface area (Å²) in [5, 5.41) is 10.7. The molecule has 0 saturated carbocycles. The minimum atomic E-state index is 0.0989. The second kappa shape index (κ2) is 3.07. The molecular weight excluding hydrogens is 204 g/mol. The number of nitrogens with zero attached hydrogens (tertiary/aromatic N) is 2. The van der Waals surface area contributed by atoms with E-state index in [4.69, 9.17) is 4.74 Å². The molecule has 0 saturated heterocycles. The molecule has 4 heteroatoms. The summed E-state index contributed by atoms with van der Waals surface area (Å²) in [5.41, 5.74) is 1.89. The van der Waals surface area contributed by atoms with Gasteiger partial charge >= 0.3 is 0 Å². The number of hydrogen-bond donors (Lipinski definition) is 1. The first-order chi connectivity index (χ1) is 7.65. The molecule has 3 rings (SSSR count). The highest BCUT2D eigenvalue weighted by Crippen LogP contribution is 2.41. The summed E-state index contributed by atoms with van der Waals surface area (Å²) >= 11 is 0. The Bertz CT molecular complexity index is 581. The maximum atomic E-state index is 9.84. The van der Waals surface area contributed by atoms with Gasteiger partial charge in [0.25, 0.3) is 0 Å². The Kier molecular flexibility index (Phi) is 1.80. The van der Waals surface area contributed by atoms with Crippen LogP contribution in [0.4, 0.5) is 0 Å². The Labute approximate surface area is 92.9 Å². The molecule has 0 fully saturated rings. The Balaban J connectivity index is 2.38. The topological polar surface area (TPSA) is 55.2 Å². The van der Waals surface area contributed by atoms with Crippen molar-refractivity contribution in [1.29, 1.82) is 0 Å². The minimum Gasteiger partial charge on any atom is -0.504 e. The van der Waals surface area contributed by atoms with E-state index in [0.717, 1.165) is 28.7 Å². The third kappa shape index (κ3) is 1.23. The number of aromatic nitrogens is 2. The average Bonchev–Trinajstić information content (AvgIpc) is 2.62. The summed E-state index contributed by atoms with van der Waals surface area (Å²) in [6, 6.07) is 1.66. The Morgan fingerprint density at radius 3 is 3.12 bits per heavy atom. The van der Waals surface area contributed by atoms with Crippen molar-refractivity contribution < 1.29 is 9.84 Å². The van der Waals surface area contributed by atoms with E-state index in [1.807, 2.05) is 13.8 Å². The second-order valence-corrected chi connectivity index (χ2v) is 4.19. The molecule has 82 valence electrons. The van der Waals surface area contributed by atoms with Crippen LogP contribution in [0.5, 0.6) is 11.5 Å². The number of aryl methyl sites for hydroxylation is 1. The van der Waals surface area contributed by atoms with Gasteiger partial charge in [-0.25, -0.2) is 9.97 Å². The molecule has 1 aromatic carbocycles. The van der Waals surface area contributed by atoms with Crippen LogP contribution in [0.15, 0.2) is 12.3 Å². The van der Waals surface area contributed by atoms with Crippen LogP contribution in [0.1, 0.15) is 18.3 Å². The molecule has 1 aliphatic rings. The van der Waals surface area contributed by atoms with Crippen LogP contribution in [0.3, 0.4) is 0 Å². The van der Waals surface area contributed by atoms with Gasteiger partial charge in [-0.2, -0.15) is 0 Å². The van der Waals surface area contributed by atoms with Crippen LogP contribution in [-0.2, 0) is 6.42 Å². The molecule has 1 aliphatic heterocycles. The van der Waals surface area contributed by atoms with Crippen molar-refractivity contribution in [2.24, 2.45) is 0 Å². The van der Waals surface area contributed by atoms with Gasteiger partial charge < -0.3 is 9.84 Å². The van der Waals surface area contributed by atoms with E-state index in [9.17, 15) is 5.11 Å². The second-order valence-electron chi connectivity index (χ2n) is 4.19. The smallest absolute Gasteiger partial charge is 0.166 e. The highest BCUT2D eigenvalue weighted by Gasteiger charge is 2.25. The van der Waals surface area contributed by atoms with Gasteiger partial charge in [0.15, 0.2) is 11.5 Å². The maximum absolute atomic E-state index is 9.84. The first kappa shape index (κ1) is 9.39. The summed E-state index contributed by atoms with van der Waals surface area (Å²) in [5.74, 6) is 1.50. The van der Waals surface area contributed by atoms with Crippen LogP contribution in [-0.4, -0.2) is 21.2 Å². The number of phenolic OH excluding ortho intramolecular Hbond substituents is 1. The van der Waals surface area contributed by atoms with Crippen LogP contribution in [0, 0.1) is 6.92 Å². The van der Waals surface area contributed by atoms with E-state index >= 15 is 0 Å². The number of rotatable bonds is 0. The molecule has 1 aromatic heterocycles. The quantitative estimate of drug-likeness (QED) is 0.731. The van der Waals surface area contributed by atoms with E-state index in [2.05, 4.69) is 9.97 Å². The van der Waals surface area contributed by atoms with Crippen LogP contribution >= 0.6 is 0 Å². The van der Waals surface area contributed by atoms with Gasteiger partial charge in [0, 0.05) is 23.6 Å². The molecular formula is C12H12N2O2. The number of hydrogen-bond acceptors (Lipinski definition) is 4. The normalized spacial score (nSPS) is 18.5. The minimum absolute atomic E-state index is 0.0989. The molecule has 0 bridgehead atoms. The lowest BCUT2D eigenvalue weighted by Gasteiger charge is -2.06. The third-order valence-corrected chi connectivity index (χ3v) is 2.83. The first-order valence-corrected chi connectivity index (χ1v) is 5.30. The van der Waals surface area contributed by atoms with E-state index in [0.29, 0.717) is 5.75 Å². The monoisotopic (exact) mass is 216 g/mol. The van der Waals surface area contributed by atoms with Crippen LogP contribution < -0.4 is 4.74 Å². The Morgan fingerprint density at radius 2 is 2.31 bits per heavy atom. The predicted octanol–water partition coefficient (Wildman–Crippen LogP) is 1.97. The number of fused-ring (bicyclic) bond motifs is 3. The molecule has 2 aromatic rings. The third-order valence-electron chi connectivity index (χ3n) is 2.83. The number of benzene rings is 1. The van der Waals surface area contributed by atoms with Crippen molar-refractivity contribution in [2.75, 3.05) is 0 Å². The fourth-order valence-corrected chi connectivity index (χ4v) is 2.15. The zero-order valence-corrected chi connectivity index (χ0v) is 9.19. The van der Waals surface area contributed by atoms with Gasteiger partial charge in [-0.15, -0.1) is 0 Å². The first-order valence-electron chi connectivity index (χ1n) is 5.30. The van der Waals surface area contributed by atoms with E-state index in [1.54, 1.807) is 12.3 Å². The number of phenols is 1. The highest BCUT2D eigenvalue weighted by atomic mass is 16.5. The lowest BCUT2D eigenvalue weighted by Crippen LogP contribution is -2.05. The standard InChI is InChI=1S/C12H12N2O2/c1-6-3-9-11-8(5-13-7(2)14-11)4-10(15)12(9)16-6/h4-6,15H,3H2,1-2H3. The molecule has 0 aliphatic carbocycles. The van der Waals surface area contributed by atoms with E-state index in [-0.39, 0.29) is 11.9 Å². The van der Waals surface area contributed by atoms with Crippen molar-refractivity contribution in [3.05, 3.63) is 23.7 Å². The van der Waals surface area contributed by atoms with Crippen LogP contribution in [0.25, 0.3) is 10.9 Å². The number of ether oxygens (including phenoxy) is 1. The molecule has 1 unspecified atom stereocenters. The predicted molar refractivity (Wildman–Crippen MR) is 59.7 cm³/mol. The summed E-state index contributed by atoms with van der Waals surface area (Å²) in [6.45, 7) is 3.84. The van der Waals surface area contributed by atoms with Gasteiger partial charge in [0.05, 0.1) is 5.52 Å². The molecule has 1 N–H and O–H groups in total. The van der Waals surface area contributed by atoms with Crippen molar-refractivity contribution in [3.8, 4) is 11.5 Å². The van der Waals surface area contributed by atoms with Crippen molar-refractivity contribution in [3.63, 3.8) is 0 Å². The molecule has 0 radical (unpaired) electrons. The van der Waals surface area contributed by atoms with Crippen molar-refractivity contribution >= 4 is 10.9 Å². The lowest BCUT2D eigenvalue weighted by atomic mass is 10.1. The SMILES string of the molecule is Cc1ncc2cc(O)c3c(c2n1)CC(C)O3. The van der Waals surface area contributed by atoms with Crippen LogP contribution in [0.2, 0.25) is 0 Å². The van der Waals surface area contributed by atoms with E-state index < -0.39 is 0 Å². The van der Waals surface area contributed by atoms with Gasteiger partial charge in [-0.3, -0.25) is 0 Å². The fourth-order valence-electron chi connectivity index (χ4n) is 2.15. The number of aromatic hydroxyl groups is 1. The Hall–Kier alpha value is -1.84. The van der Waals surface area contributed by atoms with Gasteiger partial charge in [-0.05, 0) is 19.9 Å². The molecule has 1 atom stereocenters. The zero-order chi connectivity index (χ0) is 11.3. The Morgan fingerprint density at radius 1 is 1.50 bits per heavy atom. The van der Waals surface area contributed by atoms with Gasteiger partial charge in [0.1, 0.15) is 11.9 Å². The molecule has 2 heterocycles. The molecule has 0 spiro atoms. The van der Waals surface area contributed by atoms with Crippen molar-refractivity contribution in [2.45, 2.75) is 26.4 Å². The maximum Gasteiger partial charge on any atom is 0.166 e. The summed E-state index contributed by atoms with van der Waals surface area (Å²) in [7, 11) is 0. The zero-order valence-electron chi connectivity index (χ0n) is 9.19. The average molecular weight is 216 g/mol. The molecule has 4 nitrogen and oxygen atoms in total. The van der Waals surface area contributed by atoms with E-state index in [1.165, 1.54) is 0 Å². The summed E-state index contributed by atoms with van der Waals surface area (Å²) in [6.07, 6.45) is 2.62. The summed E-state index contributed by atoms with van der Waals surface area (Å²) in [4.78, 5) is 8.55.